The monoisotopic (exact) mass is 280 g/mol. The van der Waals surface area contributed by atoms with Crippen LogP contribution in [-0.2, 0) is 4.79 Å². The summed E-state index contributed by atoms with van der Waals surface area (Å²) in [5.74, 6) is -0.869. The molecule has 6 nitrogen and oxygen atoms in total. The third kappa shape index (κ3) is 5.27. The van der Waals surface area contributed by atoms with Crippen molar-refractivity contribution in [1.29, 1.82) is 0 Å². The first-order chi connectivity index (χ1) is 9.40. The van der Waals surface area contributed by atoms with Crippen molar-refractivity contribution < 1.29 is 19.8 Å². The van der Waals surface area contributed by atoms with Crippen LogP contribution in [0.5, 0.6) is 0 Å². The molecule has 0 fully saturated rings. The van der Waals surface area contributed by atoms with Gasteiger partial charge in [0.25, 0.3) is 0 Å². The van der Waals surface area contributed by atoms with E-state index in [-0.39, 0.29) is 13.0 Å². The number of hydrogen-bond donors (Lipinski definition) is 4. The Morgan fingerprint density at radius 2 is 1.80 bits per heavy atom. The molecule has 0 aliphatic heterocycles. The smallest absolute Gasteiger partial charge is 0.332 e. The normalized spacial score (nSPS) is 12.0. The molecule has 1 unspecified atom stereocenters. The zero-order valence-electron chi connectivity index (χ0n) is 11.6. The Morgan fingerprint density at radius 1 is 1.20 bits per heavy atom. The lowest BCUT2D eigenvalue weighted by Gasteiger charge is -2.10. The molecule has 0 aromatic heterocycles. The minimum absolute atomic E-state index is 0.0327. The van der Waals surface area contributed by atoms with Crippen molar-refractivity contribution in [3.05, 3.63) is 29.8 Å². The Balaban J connectivity index is 2.37. The van der Waals surface area contributed by atoms with Crippen molar-refractivity contribution >= 4 is 17.7 Å². The molecular formula is C14H20N2O4. The molecule has 0 spiro atoms. The summed E-state index contributed by atoms with van der Waals surface area (Å²) in [6, 6.07) is 7.06. The van der Waals surface area contributed by atoms with E-state index in [9.17, 15) is 9.59 Å². The lowest BCUT2D eigenvalue weighted by molar-refractivity contribution is -0.146. The summed E-state index contributed by atoms with van der Waals surface area (Å²) in [6.07, 6.45) is -1.49. The van der Waals surface area contributed by atoms with Crippen LogP contribution in [0.25, 0.3) is 0 Å². The molecule has 1 rings (SSSR count). The van der Waals surface area contributed by atoms with Gasteiger partial charge >= 0.3 is 12.0 Å². The van der Waals surface area contributed by atoms with Gasteiger partial charge in [-0.05, 0) is 23.6 Å². The van der Waals surface area contributed by atoms with Gasteiger partial charge in [0.1, 0.15) is 0 Å². The Labute approximate surface area is 117 Å². The van der Waals surface area contributed by atoms with Crippen molar-refractivity contribution in [1.82, 2.24) is 5.32 Å². The highest BCUT2D eigenvalue weighted by Gasteiger charge is 2.12. The number of amides is 2. The number of aliphatic carboxylic acids is 1. The van der Waals surface area contributed by atoms with Crippen LogP contribution < -0.4 is 10.6 Å². The molecule has 0 saturated heterocycles. The maximum absolute atomic E-state index is 11.5. The van der Waals surface area contributed by atoms with Crippen LogP contribution >= 0.6 is 0 Å². The van der Waals surface area contributed by atoms with Gasteiger partial charge < -0.3 is 20.8 Å². The van der Waals surface area contributed by atoms with Crippen molar-refractivity contribution in [2.45, 2.75) is 32.3 Å². The van der Waals surface area contributed by atoms with Crippen LogP contribution in [0.2, 0.25) is 0 Å². The average molecular weight is 280 g/mol. The maximum atomic E-state index is 11.5. The van der Waals surface area contributed by atoms with Gasteiger partial charge in [0.15, 0.2) is 6.10 Å². The first-order valence-corrected chi connectivity index (χ1v) is 6.46. The summed E-state index contributed by atoms with van der Waals surface area (Å²) in [7, 11) is 0. The minimum Gasteiger partial charge on any atom is -0.479 e. The van der Waals surface area contributed by atoms with Crippen molar-refractivity contribution in [2.24, 2.45) is 0 Å². The van der Waals surface area contributed by atoms with E-state index in [0.717, 1.165) is 0 Å². The molecule has 20 heavy (non-hydrogen) atoms. The molecule has 6 heteroatoms. The third-order valence-corrected chi connectivity index (χ3v) is 2.82. The molecule has 0 bridgehead atoms. The molecule has 4 N–H and O–H groups in total. The van der Waals surface area contributed by atoms with Crippen LogP contribution in [0, 0.1) is 0 Å². The summed E-state index contributed by atoms with van der Waals surface area (Å²) in [6.45, 7) is 4.26. The summed E-state index contributed by atoms with van der Waals surface area (Å²) < 4.78 is 0. The van der Waals surface area contributed by atoms with E-state index in [1.54, 1.807) is 12.1 Å². The van der Waals surface area contributed by atoms with E-state index >= 15 is 0 Å². The molecular weight excluding hydrogens is 260 g/mol. The molecule has 1 aromatic rings. The molecule has 110 valence electrons. The largest absolute Gasteiger partial charge is 0.479 e. The highest BCUT2D eigenvalue weighted by molar-refractivity contribution is 5.89. The number of hydrogen-bond acceptors (Lipinski definition) is 3. The molecule has 2 amide bonds. The van der Waals surface area contributed by atoms with E-state index in [2.05, 4.69) is 24.5 Å². The van der Waals surface area contributed by atoms with Gasteiger partial charge in [-0.15, -0.1) is 0 Å². The Hall–Kier alpha value is -2.08. The summed E-state index contributed by atoms with van der Waals surface area (Å²) in [5.41, 5.74) is 1.84. The molecule has 0 aliphatic carbocycles. The van der Waals surface area contributed by atoms with Crippen LogP contribution in [0.4, 0.5) is 10.5 Å². The second kappa shape index (κ2) is 7.49. The lowest BCUT2D eigenvalue weighted by atomic mass is 10.0. The third-order valence-electron chi connectivity index (χ3n) is 2.82. The molecule has 0 radical (unpaired) electrons. The quantitative estimate of drug-likeness (QED) is 0.638. The second-order valence-electron chi connectivity index (χ2n) is 4.80. The molecule has 1 aromatic carbocycles. The Morgan fingerprint density at radius 3 is 2.30 bits per heavy atom. The Kier molecular flexibility index (Phi) is 5.99. The number of anilines is 1. The van der Waals surface area contributed by atoms with Gasteiger partial charge in [-0.1, -0.05) is 26.0 Å². The van der Waals surface area contributed by atoms with E-state index < -0.39 is 18.1 Å². The predicted molar refractivity (Wildman–Crippen MR) is 75.8 cm³/mol. The first-order valence-electron chi connectivity index (χ1n) is 6.46. The minimum atomic E-state index is -1.46. The molecule has 0 saturated carbocycles. The average Bonchev–Trinajstić information content (AvgIpc) is 2.39. The fraction of sp³-hybridized carbons (Fsp3) is 0.429. The van der Waals surface area contributed by atoms with Crippen molar-refractivity contribution in [2.75, 3.05) is 11.9 Å². The van der Waals surface area contributed by atoms with Crippen LogP contribution in [0.3, 0.4) is 0 Å². The van der Waals surface area contributed by atoms with Gasteiger partial charge in [0.05, 0.1) is 0 Å². The van der Waals surface area contributed by atoms with Gasteiger partial charge in [-0.25, -0.2) is 9.59 Å². The zero-order valence-corrected chi connectivity index (χ0v) is 11.6. The standard InChI is InChI=1S/C14H20N2O4/c1-9(2)10-3-5-11(6-4-10)16-14(20)15-8-7-12(17)13(18)19/h3-6,9,12,17H,7-8H2,1-2H3,(H,18,19)(H2,15,16,20). The van der Waals surface area contributed by atoms with Crippen molar-refractivity contribution in [3.63, 3.8) is 0 Å². The topological polar surface area (TPSA) is 98.7 Å². The number of urea groups is 1. The fourth-order valence-electron chi connectivity index (χ4n) is 1.57. The van der Waals surface area contributed by atoms with E-state index in [0.29, 0.717) is 11.6 Å². The van der Waals surface area contributed by atoms with Gasteiger partial charge in [-0.3, -0.25) is 0 Å². The fourth-order valence-corrected chi connectivity index (χ4v) is 1.57. The number of carboxylic acids is 1. The molecule has 1 atom stereocenters. The van der Waals surface area contributed by atoms with Crippen LogP contribution in [-0.4, -0.2) is 34.9 Å². The predicted octanol–water partition coefficient (Wildman–Crippen LogP) is 1.77. The van der Waals surface area contributed by atoms with Gasteiger partial charge in [0, 0.05) is 18.7 Å². The summed E-state index contributed by atoms with van der Waals surface area (Å²) in [4.78, 5) is 21.9. The summed E-state index contributed by atoms with van der Waals surface area (Å²) >= 11 is 0. The van der Waals surface area contributed by atoms with Gasteiger partial charge in [-0.2, -0.15) is 0 Å². The number of nitrogens with one attached hydrogen (secondary N) is 2. The number of carbonyl (C=O) groups is 2. The SMILES string of the molecule is CC(C)c1ccc(NC(=O)NCCC(O)C(=O)O)cc1. The number of rotatable bonds is 6. The van der Waals surface area contributed by atoms with Gasteiger partial charge in [0.2, 0.25) is 0 Å². The summed E-state index contributed by atoms with van der Waals surface area (Å²) in [5, 5.41) is 22.6. The molecule has 0 aliphatic rings. The second-order valence-corrected chi connectivity index (χ2v) is 4.80. The number of benzene rings is 1. The number of carboxylic acid groups (broad SMARTS) is 1. The highest BCUT2D eigenvalue weighted by atomic mass is 16.4. The van der Waals surface area contributed by atoms with E-state index in [1.165, 1.54) is 5.56 Å². The Bertz CT molecular complexity index is 457. The van der Waals surface area contributed by atoms with Crippen molar-refractivity contribution in [3.8, 4) is 0 Å². The highest BCUT2D eigenvalue weighted by Crippen LogP contribution is 2.16. The number of carbonyl (C=O) groups excluding carboxylic acids is 1. The van der Waals surface area contributed by atoms with E-state index in [4.69, 9.17) is 10.2 Å². The lowest BCUT2D eigenvalue weighted by Crippen LogP contribution is -2.33. The molecule has 0 heterocycles. The van der Waals surface area contributed by atoms with E-state index in [1.807, 2.05) is 12.1 Å². The van der Waals surface area contributed by atoms with Crippen LogP contribution in [0.15, 0.2) is 24.3 Å². The zero-order chi connectivity index (χ0) is 15.1. The first kappa shape index (κ1) is 16.0. The number of aliphatic hydroxyl groups is 1. The maximum Gasteiger partial charge on any atom is 0.332 e. The number of aliphatic hydroxyl groups excluding tert-OH is 1. The van der Waals surface area contributed by atoms with Crippen LogP contribution in [0.1, 0.15) is 31.7 Å².